The van der Waals surface area contributed by atoms with Crippen molar-refractivity contribution in [3.8, 4) is 0 Å². The Labute approximate surface area is 170 Å². The van der Waals surface area contributed by atoms with E-state index in [0.717, 1.165) is 38.7 Å². The second-order valence-corrected chi connectivity index (χ2v) is 8.02. The molecule has 3 rings (SSSR count). The van der Waals surface area contributed by atoms with Gasteiger partial charge in [-0.3, -0.25) is 9.89 Å². The maximum atomic E-state index is 5.91. The molecular formula is C19H35IN4O. The highest BCUT2D eigenvalue weighted by Gasteiger charge is 2.59. The summed E-state index contributed by atoms with van der Waals surface area (Å²) in [5.74, 6) is 1.63. The summed E-state index contributed by atoms with van der Waals surface area (Å²) < 4.78 is 5.91. The monoisotopic (exact) mass is 462 g/mol. The molecule has 144 valence electrons. The van der Waals surface area contributed by atoms with E-state index in [4.69, 9.17) is 9.73 Å². The fraction of sp³-hybridized carbons (Fsp3) is 0.842. The number of nitrogens with one attached hydrogen (secondary N) is 2. The maximum Gasteiger partial charge on any atom is 0.191 e. The maximum absolute atomic E-state index is 5.91. The zero-order chi connectivity index (χ0) is 17.2. The molecule has 6 heteroatoms. The molecule has 1 saturated carbocycles. The molecule has 3 aliphatic rings. The SMILES string of the molecule is C=CCN1CCC(NC(=NCC)NC2C3CCOC3C2(C)C)CC1.I. The topological polar surface area (TPSA) is 48.9 Å². The number of piperidine rings is 1. The van der Waals surface area contributed by atoms with Gasteiger partial charge in [-0.1, -0.05) is 19.9 Å². The molecule has 3 unspecified atom stereocenters. The summed E-state index contributed by atoms with van der Waals surface area (Å²) in [6.07, 6.45) is 5.92. The molecule has 2 N–H and O–H groups in total. The van der Waals surface area contributed by atoms with E-state index in [1.165, 1.54) is 19.3 Å². The quantitative estimate of drug-likeness (QED) is 0.286. The van der Waals surface area contributed by atoms with Crippen molar-refractivity contribution < 1.29 is 4.74 Å². The van der Waals surface area contributed by atoms with Crippen molar-refractivity contribution >= 4 is 29.9 Å². The van der Waals surface area contributed by atoms with Crippen LogP contribution < -0.4 is 10.6 Å². The Balaban J connectivity index is 0.00000225. The molecule has 2 heterocycles. The number of hydrogen-bond acceptors (Lipinski definition) is 3. The lowest BCUT2D eigenvalue weighted by atomic mass is 9.57. The second kappa shape index (κ2) is 9.04. The number of fused-ring (bicyclic) bond motifs is 1. The summed E-state index contributed by atoms with van der Waals surface area (Å²) in [4.78, 5) is 7.16. The van der Waals surface area contributed by atoms with Crippen LogP contribution in [0, 0.1) is 11.3 Å². The molecule has 0 amide bonds. The molecule has 0 aromatic heterocycles. The number of hydrogen-bond donors (Lipinski definition) is 2. The molecule has 25 heavy (non-hydrogen) atoms. The highest BCUT2D eigenvalue weighted by atomic mass is 127. The molecule has 1 aliphatic carbocycles. The fourth-order valence-electron chi connectivity index (χ4n) is 4.69. The van der Waals surface area contributed by atoms with E-state index in [1.807, 2.05) is 6.08 Å². The van der Waals surface area contributed by atoms with Crippen LogP contribution in [0.15, 0.2) is 17.6 Å². The minimum absolute atomic E-state index is 0. The third kappa shape index (κ3) is 4.50. The number of nitrogens with zero attached hydrogens (tertiary/aromatic N) is 2. The van der Waals surface area contributed by atoms with E-state index < -0.39 is 0 Å². The highest BCUT2D eigenvalue weighted by molar-refractivity contribution is 14.0. The van der Waals surface area contributed by atoms with Gasteiger partial charge in [0.15, 0.2) is 5.96 Å². The Morgan fingerprint density at radius 3 is 2.64 bits per heavy atom. The Morgan fingerprint density at radius 1 is 1.28 bits per heavy atom. The summed E-state index contributed by atoms with van der Waals surface area (Å²) in [6.45, 7) is 15.6. The molecule has 5 nitrogen and oxygen atoms in total. The number of aliphatic imine (C=N–C) groups is 1. The van der Waals surface area contributed by atoms with Crippen LogP contribution in [-0.4, -0.2) is 61.8 Å². The molecule has 0 spiro atoms. The lowest BCUT2D eigenvalue weighted by Crippen LogP contribution is -2.68. The van der Waals surface area contributed by atoms with Crippen molar-refractivity contribution in [2.75, 3.05) is 32.8 Å². The Bertz CT molecular complexity index is 474. The number of likely N-dealkylation sites (tertiary alicyclic amines) is 1. The highest BCUT2D eigenvalue weighted by Crippen LogP contribution is 2.52. The average Bonchev–Trinajstić information content (AvgIpc) is 3.02. The van der Waals surface area contributed by atoms with Crippen molar-refractivity contribution in [1.29, 1.82) is 0 Å². The van der Waals surface area contributed by atoms with Gasteiger partial charge in [0.05, 0.1) is 6.10 Å². The van der Waals surface area contributed by atoms with Crippen molar-refractivity contribution in [2.24, 2.45) is 16.3 Å². The van der Waals surface area contributed by atoms with Crippen molar-refractivity contribution in [2.45, 2.75) is 58.2 Å². The van der Waals surface area contributed by atoms with E-state index in [9.17, 15) is 0 Å². The summed E-state index contributed by atoms with van der Waals surface area (Å²) >= 11 is 0. The van der Waals surface area contributed by atoms with Crippen molar-refractivity contribution in [1.82, 2.24) is 15.5 Å². The van der Waals surface area contributed by atoms with Gasteiger partial charge < -0.3 is 15.4 Å². The third-order valence-electron chi connectivity index (χ3n) is 6.02. The van der Waals surface area contributed by atoms with Crippen molar-refractivity contribution in [3.05, 3.63) is 12.7 Å². The molecular weight excluding hydrogens is 427 g/mol. The lowest BCUT2D eigenvalue weighted by molar-refractivity contribution is -0.106. The van der Waals surface area contributed by atoms with Gasteiger partial charge in [-0.15, -0.1) is 30.6 Å². The summed E-state index contributed by atoms with van der Waals surface area (Å²) in [5.41, 5.74) is 0.185. The van der Waals surface area contributed by atoms with Gasteiger partial charge in [0.25, 0.3) is 0 Å². The zero-order valence-corrected chi connectivity index (χ0v) is 18.3. The first kappa shape index (κ1) is 21.0. The minimum atomic E-state index is 0. The lowest BCUT2D eigenvalue weighted by Gasteiger charge is -2.55. The summed E-state index contributed by atoms with van der Waals surface area (Å²) in [5, 5.41) is 7.41. The Hall–Kier alpha value is -0.340. The van der Waals surface area contributed by atoms with Crippen LogP contribution in [-0.2, 0) is 4.74 Å². The van der Waals surface area contributed by atoms with E-state index >= 15 is 0 Å². The molecule has 3 fully saturated rings. The minimum Gasteiger partial charge on any atom is -0.377 e. The Kier molecular flexibility index (Phi) is 7.58. The number of guanidine groups is 1. The van der Waals surface area contributed by atoms with Gasteiger partial charge >= 0.3 is 0 Å². The van der Waals surface area contributed by atoms with Crippen LogP contribution in [0.2, 0.25) is 0 Å². The Morgan fingerprint density at radius 2 is 2.00 bits per heavy atom. The van der Waals surface area contributed by atoms with Crippen LogP contribution in [0.1, 0.15) is 40.0 Å². The normalized spacial score (nSPS) is 32.3. The van der Waals surface area contributed by atoms with E-state index in [-0.39, 0.29) is 29.4 Å². The molecule has 2 saturated heterocycles. The van der Waals surface area contributed by atoms with Gasteiger partial charge in [0.2, 0.25) is 0 Å². The van der Waals surface area contributed by atoms with Crippen LogP contribution in [0.4, 0.5) is 0 Å². The van der Waals surface area contributed by atoms with E-state index in [0.29, 0.717) is 24.1 Å². The molecule has 0 bridgehead atoms. The molecule has 0 radical (unpaired) electrons. The smallest absolute Gasteiger partial charge is 0.191 e. The summed E-state index contributed by atoms with van der Waals surface area (Å²) in [6, 6.07) is 0.978. The van der Waals surface area contributed by atoms with Crippen molar-refractivity contribution in [3.63, 3.8) is 0 Å². The summed E-state index contributed by atoms with van der Waals surface area (Å²) in [7, 11) is 0. The molecule has 0 aromatic carbocycles. The largest absolute Gasteiger partial charge is 0.377 e. The third-order valence-corrected chi connectivity index (χ3v) is 6.02. The number of ether oxygens (including phenoxy) is 1. The first-order valence-electron chi connectivity index (χ1n) is 9.58. The predicted octanol–water partition coefficient (Wildman–Crippen LogP) is 2.62. The molecule has 0 aromatic rings. The predicted molar refractivity (Wildman–Crippen MR) is 115 cm³/mol. The van der Waals surface area contributed by atoms with Crippen LogP contribution in [0.5, 0.6) is 0 Å². The molecule has 3 atom stereocenters. The zero-order valence-electron chi connectivity index (χ0n) is 16.0. The first-order valence-corrected chi connectivity index (χ1v) is 9.58. The van der Waals surface area contributed by atoms with Crippen LogP contribution >= 0.6 is 24.0 Å². The average molecular weight is 462 g/mol. The fourth-order valence-corrected chi connectivity index (χ4v) is 4.69. The molecule has 2 aliphatic heterocycles. The van der Waals surface area contributed by atoms with Gasteiger partial charge in [0.1, 0.15) is 0 Å². The van der Waals surface area contributed by atoms with E-state index in [1.54, 1.807) is 0 Å². The standard InChI is InChI=1S/C19H34N4O.HI/c1-5-10-23-11-7-14(8-12-23)21-18(20-6-2)22-16-15-9-13-24-17(15)19(16,3)4;/h5,14-17H,1,6-13H2,2-4H3,(H2,20,21,22);1H. The van der Waals surface area contributed by atoms with Crippen LogP contribution in [0.25, 0.3) is 0 Å². The van der Waals surface area contributed by atoms with E-state index in [2.05, 4.69) is 42.9 Å². The van der Waals surface area contributed by atoms with Gasteiger partial charge in [-0.25, -0.2) is 0 Å². The second-order valence-electron chi connectivity index (χ2n) is 8.02. The number of rotatable bonds is 5. The van der Waals surface area contributed by atoms with Gasteiger partial charge in [-0.2, -0.15) is 0 Å². The van der Waals surface area contributed by atoms with Gasteiger partial charge in [0, 0.05) is 56.2 Å². The van der Waals surface area contributed by atoms with Gasteiger partial charge in [-0.05, 0) is 26.2 Å². The number of halogens is 1. The first-order chi connectivity index (χ1) is 11.6. The van der Waals surface area contributed by atoms with Crippen LogP contribution in [0.3, 0.4) is 0 Å².